The molecule has 0 bridgehead atoms. The minimum Gasteiger partial charge on any atom is -0.467 e. The highest BCUT2D eigenvalue weighted by atomic mass is 127. The van der Waals surface area contributed by atoms with Crippen molar-refractivity contribution in [1.29, 1.82) is 0 Å². The van der Waals surface area contributed by atoms with Crippen molar-refractivity contribution in [2.75, 3.05) is 88.2 Å². The third-order valence-electron chi connectivity index (χ3n) is 11.0. The fraction of sp³-hybridized carbons (Fsp3) is 0.490. The van der Waals surface area contributed by atoms with Gasteiger partial charge in [0.05, 0.1) is 48.1 Å². The van der Waals surface area contributed by atoms with Crippen molar-refractivity contribution in [1.82, 2.24) is 30.7 Å². The summed E-state index contributed by atoms with van der Waals surface area (Å²) in [5.74, 6) is 1.09. The molecule has 0 radical (unpaired) electrons. The summed E-state index contributed by atoms with van der Waals surface area (Å²) in [5.41, 5.74) is 5.14. The number of hydrogen-bond donors (Lipinski definition) is 5. The predicted octanol–water partition coefficient (Wildman–Crippen LogP) is 9.34. The second-order valence-electron chi connectivity index (χ2n) is 19.0. The summed E-state index contributed by atoms with van der Waals surface area (Å²) in [5, 5.41) is 17.9. The lowest BCUT2D eigenvalue weighted by Gasteiger charge is -2.37. The molecular formula is C51H73IN10O8S2. The average molecular weight is 1150 g/mol. The Morgan fingerprint density at radius 3 is 1.53 bits per heavy atom. The normalized spacial score (nSPS) is 15.9. The molecule has 2 aromatic heterocycles. The minimum absolute atomic E-state index is 0. The molecule has 394 valence electrons. The van der Waals surface area contributed by atoms with Gasteiger partial charge in [-0.2, -0.15) is 0 Å². The highest BCUT2D eigenvalue weighted by Gasteiger charge is 2.32. The lowest BCUT2D eigenvalue weighted by molar-refractivity contribution is -0.144. The molecular weight excluding hydrogens is 1070 g/mol. The van der Waals surface area contributed by atoms with Crippen LogP contribution in [0.15, 0.2) is 70.6 Å². The Kier molecular flexibility index (Phi) is 20.7. The number of esters is 2. The number of carbonyl (C=O) groups excluding carboxylic acids is 4. The molecule has 2 amide bonds. The molecule has 2 unspecified atom stereocenters. The number of aryl methyl sites for hydroxylation is 2. The highest BCUT2D eigenvalue weighted by molar-refractivity contribution is 14.1. The number of amidine groups is 2. The van der Waals surface area contributed by atoms with Gasteiger partial charge in [-0.05, 0) is 91.8 Å². The van der Waals surface area contributed by atoms with Crippen LogP contribution < -0.4 is 26.6 Å². The summed E-state index contributed by atoms with van der Waals surface area (Å²) in [7, 11) is 2.60. The van der Waals surface area contributed by atoms with Crippen LogP contribution >= 0.6 is 45.3 Å². The maximum absolute atomic E-state index is 12.3. The number of aliphatic imine (C=N–C) groups is 2. The van der Waals surface area contributed by atoms with E-state index in [1.165, 1.54) is 34.5 Å². The zero-order valence-electron chi connectivity index (χ0n) is 42.2. The van der Waals surface area contributed by atoms with Gasteiger partial charge in [0.15, 0.2) is 0 Å². The van der Waals surface area contributed by atoms with E-state index in [9.17, 15) is 19.2 Å². The quantitative estimate of drug-likeness (QED) is 0.0508. The molecule has 18 nitrogen and oxygen atoms in total. The van der Waals surface area contributed by atoms with E-state index >= 15 is 0 Å². The SMILES string of the molecule is C.COC(=O)C(CI)NC(=O)OC(C)(C)C.COC(=O)C(CN1CCN(C2=Nc3ccccc3Nc3sc(C)cc32)CC1)NC(=O)OC(C)(C)C.Cc1cc2c(s1)Nc1ccccc1N=C2N1CCNCC1.[2HH]. The van der Waals surface area contributed by atoms with Crippen LogP contribution in [0.25, 0.3) is 0 Å². The van der Waals surface area contributed by atoms with Gasteiger partial charge in [-0.3, -0.25) is 4.90 Å². The number of alkyl halides is 1. The number of alkyl carbamates (subject to hydrolysis) is 2. The molecule has 4 aliphatic heterocycles. The lowest BCUT2D eigenvalue weighted by atomic mass is 10.2. The molecule has 4 aromatic rings. The molecule has 6 heterocycles. The van der Waals surface area contributed by atoms with Gasteiger partial charge in [0.25, 0.3) is 0 Å². The number of anilines is 4. The number of thiophene rings is 2. The van der Waals surface area contributed by atoms with Crippen LogP contribution in [0.2, 0.25) is 0 Å². The van der Waals surface area contributed by atoms with Crippen molar-refractivity contribution in [2.24, 2.45) is 9.98 Å². The number of hydrogen-bond acceptors (Lipinski definition) is 18. The van der Waals surface area contributed by atoms with E-state index in [2.05, 4.69) is 90.2 Å². The number of methoxy groups -OCH3 is 2. The average Bonchev–Trinajstić information content (AvgIpc) is 3.78. The zero-order valence-corrected chi connectivity index (χ0v) is 46.0. The van der Waals surface area contributed by atoms with Gasteiger partial charge in [-0.25, -0.2) is 29.2 Å². The van der Waals surface area contributed by atoms with Gasteiger partial charge >= 0.3 is 24.1 Å². The van der Waals surface area contributed by atoms with Crippen LogP contribution in [0.3, 0.4) is 0 Å². The Morgan fingerprint density at radius 2 is 1.10 bits per heavy atom. The Hall–Kier alpha value is -5.49. The van der Waals surface area contributed by atoms with Crippen molar-refractivity contribution < 1.29 is 39.6 Å². The summed E-state index contributed by atoms with van der Waals surface area (Å²) < 4.78 is 20.2. The molecule has 0 saturated carbocycles. The number of benzene rings is 2. The monoisotopic (exact) mass is 1150 g/mol. The second-order valence-corrected chi connectivity index (χ2v) is 22.4. The van der Waals surface area contributed by atoms with E-state index in [1.807, 2.05) is 52.9 Å². The van der Waals surface area contributed by atoms with Crippen molar-refractivity contribution in [3.8, 4) is 0 Å². The van der Waals surface area contributed by atoms with E-state index in [-0.39, 0.29) is 8.85 Å². The van der Waals surface area contributed by atoms with Crippen LogP contribution in [0.1, 0.15) is 71.3 Å². The highest BCUT2D eigenvalue weighted by Crippen LogP contribution is 2.40. The standard InChI is InChI=1S/C25H33N5O4S.C16H18N4S.C9H16INO4.CH4.H2/c1-16-14-17-21(26-18-8-6-7-9-19(18)27-22(17)35-16)30-12-10-29(11-13-30)15-20(23(31)33-5)28-24(32)34-25(2,3)4;1-11-10-12-15(20-8-6-17-7-9-20)18-13-4-2-3-5-14(13)19-16(12)21-11;1-9(2,3)15-8(13)11-6(5-10)7(12)14-4;;/h6-9,14,20,27H,10-13,15H2,1-5H3,(H,28,32);2-5,10,17,19H,6-9H2,1H3;6H,5H2,1-4H3,(H,11,13);1H4;1H/i;;;;1+1. The number of ether oxygens (including phenoxy) is 4. The minimum atomic E-state index is -0.807. The van der Waals surface area contributed by atoms with Crippen LogP contribution in [-0.2, 0) is 28.5 Å². The molecule has 2 saturated heterocycles. The smallest absolute Gasteiger partial charge is 0.408 e. The van der Waals surface area contributed by atoms with Crippen LogP contribution in [-0.4, -0.2) is 151 Å². The van der Waals surface area contributed by atoms with Crippen LogP contribution in [0.5, 0.6) is 0 Å². The van der Waals surface area contributed by atoms with Crippen LogP contribution in [0.4, 0.5) is 42.3 Å². The number of fused-ring (bicyclic) bond motifs is 4. The Morgan fingerprint density at radius 1 is 0.681 bits per heavy atom. The molecule has 0 spiro atoms. The summed E-state index contributed by atoms with van der Waals surface area (Å²) in [6.07, 6.45) is -1.25. The maximum atomic E-state index is 12.3. The molecule has 2 fully saturated rings. The van der Waals surface area contributed by atoms with Crippen molar-refractivity contribution >= 4 is 114 Å². The van der Waals surface area contributed by atoms with Crippen molar-refractivity contribution in [3.63, 3.8) is 0 Å². The number of carbonyl (C=O) groups is 4. The molecule has 2 atom stereocenters. The Balaban J connectivity index is 0.000000259. The lowest BCUT2D eigenvalue weighted by Crippen LogP contribution is -2.55. The maximum Gasteiger partial charge on any atom is 0.408 e. The second kappa shape index (κ2) is 25.9. The van der Waals surface area contributed by atoms with E-state index < -0.39 is 47.4 Å². The topological polar surface area (TPSA) is 200 Å². The first-order valence-corrected chi connectivity index (χ1v) is 26.6. The van der Waals surface area contributed by atoms with Gasteiger partial charge in [0, 0.05) is 74.5 Å². The summed E-state index contributed by atoms with van der Waals surface area (Å²) in [6, 6.07) is 19.3. The Labute approximate surface area is 447 Å². The summed E-state index contributed by atoms with van der Waals surface area (Å²) in [4.78, 5) is 66.4. The van der Waals surface area contributed by atoms with E-state index in [0.29, 0.717) is 11.0 Å². The number of para-hydroxylation sites is 4. The van der Waals surface area contributed by atoms with Gasteiger partial charge in [0.2, 0.25) is 0 Å². The molecule has 4 aliphatic rings. The first-order valence-electron chi connectivity index (χ1n) is 23.5. The van der Waals surface area contributed by atoms with E-state index in [1.54, 1.807) is 64.2 Å². The van der Waals surface area contributed by atoms with Crippen molar-refractivity contribution in [3.05, 3.63) is 81.5 Å². The number of piperazine rings is 2. The Bertz CT molecular complexity index is 2560. The number of nitrogens with one attached hydrogen (secondary N) is 5. The third kappa shape index (κ3) is 16.3. The van der Waals surface area contributed by atoms with E-state index in [0.717, 1.165) is 97.3 Å². The van der Waals surface area contributed by atoms with Gasteiger partial charge in [-0.1, -0.05) is 54.3 Å². The van der Waals surface area contributed by atoms with E-state index in [4.69, 9.17) is 24.2 Å². The summed E-state index contributed by atoms with van der Waals surface area (Å²) >= 11 is 5.51. The van der Waals surface area contributed by atoms with Gasteiger partial charge in [-0.15, -0.1) is 22.7 Å². The predicted molar refractivity (Wildman–Crippen MR) is 300 cm³/mol. The van der Waals surface area contributed by atoms with Gasteiger partial charge < -0.3 is 55.3 Å². The molecule has 8 rings (SSSR count). The molecule has 5 N–H and O–H groups in total. The summed E-state index contributed by atoms with van der Waals surface area (Å²) in [6.45, 7) is 22.2. The number of rotatable bonds is 7. The first-order chi connectivity index (χ1) is 33.7. The molecule has 0 aliphatic carbocycles. The fourth-order valence-corrected chi connectivity index (χ4v) is 10.2. The third-order valence-corrected chi connectivity index (χ3v) is 13.8. The number of nitrogens with zero attached hydrogens (tertiary/aromatic N) is 5. The first kappa shape index (κ1) is 57.4. The zero-order chi connectivity index (χ0) is 51.5. The molecule has 2 aromatic carbocycles. The van der Waals surface area contributed by atoms with Crippen LogP contribution in [0, 0.1) is 13.8 Å². The fourth-order valence-electron chi connectivity index (χ4n) is 7.78. The number of halogens is 1. The number of amides is 2. The van der Waals surface area contributed by atoms with Gasteiger partial charge in [0.1, 0.15) is 45.0 Å². The van der Waals surface area contributed by atoms with Crippen molar-refractivity contribution in [2.45, 2.75) is 86.1 Å². The molecule has 21 heteroatoms. The molecule has 72 heavy (non-hydrogen) atoms. The largest absolute Gasteiger partial charge is 0.467 e.